The normalized spacial score (nSPS) is 25.5. The molecule has 2 atom stereocenters. The molecule has 1 aromatic heterocycles. The summed E-state index contributed by atoms with van der Waals surface area (Å²) < 4.78 is 34.8. The molecule has 140 valence electrons. The van der Waals surface area contributed by atoms with E-state index in [1.165, 1.54) is 9.18 Å². The van der Waals surface area contributed by atoms with Crippen molar-refractivity contribution < 1.29 is 17.9 Å². The highest BCUT2D eigenvalue weighted by atomic mass is 32.2. The number of hydrogen-bond acceptors (Lipinski definition) is 5. The van der Waals surface area contributed by atoms with Crippen LogP contribution >= 0.6 is 11.3 Å². The summed E-state index contributed by atoms with van der Waals surface area (Å²) >= 11 is 1.71. The van der Waals surface area contributed by atoms with Crippen LogP contribution < -0.4 is 0 Å². The first-order valence-electron chi connectivity index (χ1n) is 8.98. The van der Waals surface area contributed by atoms with Crippen molar-refractivity contribution in [3.05, 3.63) is 21.9 Å². The van der Waals surface area contributed by atoms with E-state index in [-0.39, 0.29) is 24.5 Å². The molecule has 1 saturated heterocycles. The smallest absolute Gasteiger partial charge is 0.310 e. The van der Waals surface area contributed by atoms with Crippen LogP contribution in [0.1, 0.15) is 49.6 Å². The number of carbonyl (C=O) groups is 1. The summed E-state index contributed by atoms with van der Waals surface area (Å²) in [6, 6.07) is 1.94. The summed E-state index contributed by atoms with van der Waals surface area (Å²) in [5.74, 6) is -0.641. The molecule has 2 aliphatic rings. The number of rotatable bonds is 5. The van der Waals surface area contributed by atoms with Crippen LogP contribution in [0.3, 0.4) is 0 Å². The predicted octanol–water partition coefficient (Wildman–Crippen LogP) is 2.58. The second-order valence-corrected chi connectivity index (χ2v) is 9.42. The Morgan fingerprint density at radius 1 is 1.36 bits per heavy atom. The first-order chi connectivity index (χ1) is 12.0. The Balaban J connectivity index is 1.80. The third-order valence-corrected chi connectivity index (χ3v) is 8.07. The quantitative estimate of drug-likeness (QED) is 0.730. The number of piperidine rings is 1. The number of carbonyl (C=O) groups excluding carboxylic acids is 1. The largest absolute Gasteiger partial charge is 0.466 e. The first-order valence-corrected chi connectivity index (χ1v) is 11.3. The van der Waals surface area contributed by atoms with Crippen LogP contribution in [0.2, 0.25) is 0 Å². The van der Waals surface area contributed by atoms with Gasteiger partial charge in [-0.05, 0) is 49.6 Å². The summed E-state index contributed by atoms with van der Waals surface area (Å²) in [6.45, 7) is 5.33. The number of nitrogens with zero attached hydrogens (tertiary/aromatic N) is 2. The lowest BCUT2D eigenvalue weighted by atomic mass is 10.00. The lowest BCUT2D eigenvalue weighted by Crippen LogP contribution is -2.51. The van der Waals surface area contributed by atoms with Crippen LogP contribution in [0, 0.1) is 5.92 Å². The molecule has 0 spiro atoms. The number of esters is 1. The van der Waals surface area contributed by atoms with E-state index in [4.69, 9.17) is 4.74 Å². The van der Waals surface area contributed by atoms with Crippen molar-refractivity contribution in [3.8, 4) is 0 Å². The summed E-state index contributed by atoms with van der Waals surface area (Å²) in [4.78, 5) is 13.3. The predicted molar refractivity (Wildman–Crippen MR) is 97.6 cm³/mol. The number of hydrogen-bond donors (Lipinski definition) is 0. The van der Waals surface area contributed by atoms with Gasteiger partial charge in [0, 0.05) is 24.5 Å². The van der Waals surface area contributed by atoms with E-state index >= 15 is 0 Å². The van der Waals surface area contributed by atoms with Gasteiger partial charge < -0.3 is 4.74 Å². The molecule has 1 fully saturated rings. The van der Waals surface area contributed by atoms with Crippen LogP contribution in [0.25, 0.3) is 0 Å². The molecule has 0 aromatic carbocycles. The van der Waals surface area contributed by atoms with Gasteiger partial charge in [0.2, 0.25) is 0 Å². The summed E-state index contributed by atoms with van der Waals surface area (Å²) in [5.41, 5.74) is 1.14. The second kappa shape index (κ2) is 7.73. The highest BCUT2D eigenvalue weighted by molar-refractivity contribution is 7.86. The first kappa shape index (κ1) is 18.8. The Kier molecular flexibility index (Phi) is 5.82. The zero-order valence-electron chi connectivity index (χ0n) is 14.8. The van der Waals surface area contributed by atoms with Crippen molar-refractivity contribution in [1.82, 2.24) is 8.61 Å². The van der Waals surface area contributed by atoms with E-state index in [1.807, 2.05) is 18.4 Å². The average molecular weight is 387 g/mol. The highest BCUT2D eigenvalue weighted by Gasteiger charge is 2.41. The van der Waals surface area contributed by atoms with Gasteiger partial charge in [-0.3, -0.25) is 4.79 Å². The lowest BCUT2D eigenvalue weighted by molar-refractivity contribution is -0.149. The van der Waals surface area contributed by atoms with E-state index in [0.717, 1.165) is 18.4 Å². The molecule has 2 unspecified atom stereocenters. The van der Waals surface area contributed by atoms with Crippen LogP contribution in [0.15, 0.2) is 11.4 Å². The van der Waals surface area contributed by atoms with Gasteiger partial charge in [0.05, 0.1) is 18.6 Å². The zero-order chi connectivity index (χ0) is 18.0. The van der Waals surface area contributed by atoms with E-state index in [9.17, 15) is 13.2 Å². The Morgan fingerprint density at radius 3 is 2.88 bits per heavy atom. The van der Waals surface area contributed by atoms with E-state index in [1.54, 1.807) is 22.6 Å². The molecule has 0 amide bonds. The standard InChI is InChI=1S/C17H26N2O4S2/c1-3-15-14-8-11-24-16(14)7-10-19(15)25(21,22)18-9-5-6-13(12-18)17(20)23-4-2/h8,11,13,15H,3-7,9-10,12H2,1-2H3. The Labute approximate surface area is 153 Å². The van der Waals surface area contributed by atoms with Crippen molar-refractivity contribution in [2.75, 3.05) is 26.2 Å². The summed E-state index contributed by atoms with van der Waals surface area (Å²) in [5, 5.41) is 2.04. The summed E-state index contributed by atoms with van der Waals surface area (Å²) in [7, 11) is -3.58. The minimum Gasteiger partial charge on any atom is -0.466 e. The van der Waals surface area contributed by atoms with Crippen molar-refractivity contribution in [2.24, 2.45) is 5.92 Å². The van der Waals surface area contributed by atoms with Crippen LogP contribution in [0.5, 0.6) is 0 Å². The minimum absolute atomic E-state index is 0.108. The second-order valence-electron chi connectivity index (χ2n) is 6.54. The van der Waals surface area contributed by atoms with Gasteiger partial charge >= 0.3 is 5.97 Å². The Bertz CT molecular complexity index is 716. The molecule has 8 heteroatoms. The summed E-state index contributed by atoms with van der Waals surface area (Å²) in [6.07, 6.45) is 2.89. The fraction of sp³-hybridized carbons (Fsp3) is 0.706. The fourth-order valence-corrected chi connectivity index (χ4v) is 6.69. The van der Waals surface area contributed by atoms with Gasteiger partial charge in [-0.1, -0.05) is 6.92 Å². The molecule has 25 heavy (non-hydrogen) atoms. The van der Waals surface area contributed by atoms with Gasteiger partial charge in [-0.2, -0.15) is 17.0 Å². The van der Waals surface area contributed by atoms with Crippen LogP contribution in [-0.4, -0.2) is 49.2 Å². The van der Waals surface area contributed by atoms with E-state index < -0.39 is 10.2 Å². The van der Waals surface area contributed by atoms with E-state index in [0.29, 0.717) is 32.5 Å². The maximum absolute atomic E-state index is 13.3. The van der Waals surface area contributed by atoms with Crippen LogP contribution in [-0.2, 0) is 26.2 Å². The van der Waals surface area contributed by atoms with Crippen molar-refractivity contribution >= 4 is 27.5 Å². The Morgan fingerprint density at radius 2 is 2.16 bits per heavy atom. The van der Waals surface area contributed by atoms with E-state index in [2.05, 4.69) is 0 Å². The zero-order valence-corrected chi connectivity index (χ0v) is 16.4. The third kappa shape index (κ3) is 3.63. The molecule has 0 radical (unpaired) electrons. The van der Waals surface area contributed by atoms with Gasteiger partial charge in [-0.25, -0.2) is 0 Å². The third-order valence-electron chi connectivity index (χ3n) is 5.06. The molecule has 3 rings (SSSR count). The topological polar surface area (TPSA) is 66.9 Å². The van der Waals surface area contributed by atoms with Gasteiger partial charge in [0.15, 0.2) is 0 Å². The number of ether oxygens (including phenoxy) is 1. The lowest BCUT2D eigenvalue weighted by Gasteiger charge is -2.39. The highest BCUT2D eigenvalue weighted by Crippen LogP contribution is 2.38. The molecular formula is C17H26N2O4S2. The average Bonchev–Trinajstić information content (AvgIpc) is 3.10. The molecule has 3 heterocycles. The molecule has 0 N–H and O–H groups in total. The molecular weight excluding hydrogens is 360 g/mol. The molecule has 0 saturated carbocycles. The maximum atomic E-state index is 13.3. The van der Waals surface area contributed by atoms with Crippen molar-refractivity contribution in [2.45, 2.75) is 45.6 Å². The van der Waals surface area contributed by atoms with Crippen molar-refractivity contribution in [3.63, 3.8) is 0 Å². The molecule has 6 nitrogen and oxygen atoms in total. The molecule has 2 aliphatic heterocycles. The minimum atomic E-state index is -3.58. The Hall–Kier alpha value is -0.960. The van der Waals surface area contributed by atoms with Crippen LogP contribution in [0.4, 0.5) is 0 Å². The SMILES string of the molecule is CCOC(=O)C1CCCN(S(=O)(=O)N2CCc3sccc3C2CC)C1. The van der Waals surface area contributed by atoms with Crippen molar-refractivity contribution in [1.29, 1.82) is 0 Å². The maximum Gasteiger partial charge on any atom is 0.310 e. The number of fused-ring (bicyclic) bond motifs is 1. The fourth-order valence-electron chi connectivity index (χ4n) is 3.83. The molecule has 0 bridgehead atoms. The molecule has 0 aliphatic carbocycles. The van der Waals surface area contributed by atoms with Gasteiger partial charge in [-0.15, -0.1) is 11.3 Å². The van der Waals surface area contributed by atoms with Gasteiger partial charge in [0.25, 0.3) is 10.2 Å². The molecule has 1 aromatic rings. The monoisotopic (exact) mass is 386 g/mol. The number of thiophene rings is 1. The van der Waals surface area contributed by atoms with Gasteiger partial charge in [0.1, 0.15) is 0 Å².